The van der Waals surface area contributed by atoms with Crippen molar-refractivity contribution in [1.82, 2.24) is 5.32 Å². The van der Waals surface area contributed by atoms with Gasteiger partial charge in [-0.05, 0) is 12.1 Å². The van der Waals surface area contributed by atoms with Crippen LogP contribution in [-0.4, -0.2) is 23.5 Å². The van der Waals surface area contributed by atoms with Crippen LogP contribution in [0.5, 0.6) is 0 Å². The van der Waals surface area contributed by atoms with E-state index in [1.165, 1.54) is 0 Å². The number of carbonyl (C=O) groups is 1. The van der Waals surface area contributed by atoms with Gasteiger partial charge in [-0.3, -0.25) is 4.79 Å². The molecule has 0 aliphatic heterocycles. The van der Waals surface area contributed by atoms with E-state index in [2.05, 4.69) is 10.5 Å². The van der Waals surface area contributed by atoms with Gasteiger partial charge in [0.2, 0.25) is 0 Å². The van der Waals surface area contributed by atoms with Gasteiger partial charge < -0.3 is 16.3 Å². The number of oxime groups is 1. The molecule has 1 rings (SSSR count). The van der Waals surface area contributed by atoms with Gasteiger partial charge in [-0.15, -0.1) is 0 Å². The number of carbonyl (C=O) groups excluding carboxylic acids is 1. The molecule has 0 bridgehead atoms. The summed E-state index contributed by atoms with van der Waals surface area (Å²) < 4.78 is 51.0. The monoisotopic (exact) mass is 293 g/mol. The first-order valence-electron chi connectivity index (χ1n) is 5.37. The minimum atomic E-state index is -4.88. The Bertz CT molecular complexity index is 529. The van der Waals surface area contributed by atoms with Gasteiger partial charge in [0, 0.05) is 13.0 Å². The summed E-state index contributed by atoms with van der Waals surface area (Å²) in [6, 6.07) is 2.41. The Hall–Kier alpha value is -2.32. The number of hydrogen-bond acceptors (Lipinski definition) is 3. The standard InChI is InChI=1S/C11H11F4N3O2/c12-9-6(2-1-3-7(9)11(13,14)15)10(19)17-5-4-8(16)18-20/h1-3,20H,4-5H2,(H2,16,18)(H,17,19). The average molecular weight is 293 g/mol. The zero-order valence-corrected chi connectivity index (χ0v) is 10.0. The number of halogens is 4. The minimum Gasteiger partial charge on any atom is -0.409 e. The van der Waals surface area contributed by atoms with Crippen LogP contribution in [0.4, 0.5) is 17.6 Å². The van der Waals surface area contributed by atoms with Gasteiger partial charge in [0.15, 0.2) is 0 Å². The second-order valence-corrected chi connectivity index (χ2v) is 3.76. The van der Waals surface area contributed by atoms with Gasteiger partial charge in [-0.1, -0.05) is 11.2 Å². The Morgan fingerprint density at radius 1 is 1.40 bits per heavy atom. The minimum absolute atomic E-state index is 0.0250. The second-order valence-electron chi connectivity index (χ2n) is 3.76. The third kappa shape index (κ3) is 3.84. The average Bonchev–Trinajstić information content (AvgIpc) is 2.37. The first kappa shape index (κ1) is 15.7. The predicted octanol–water partition coefficient (Wildman–Crippen LogP) is 1.71. The van der Waals surface area contributed by atoms with Gasteiger partial charge in [-0.2, -0.15) is 13.2 Å². The lowest BCUT2D eigenvalue weighted by Gasteiger charge is -2.11. The Balaban J connectivity index is 2.84. The van der Waals surface area contributed by atoms with E-state index < -0.39 is 29.0 Å². The highest BCUT2D eigenvalue weighted by Crippen LogP contribution is 2.32. The molecule has 0 saturated heterocycles. The number of hydrogen-bond donors (Lipinski definition) is 3. The van der Waals surface area contributed by atoms with Crippen LogP contribution in [0.25, 0.3) is 0 Å². The zero-order chi connectivity index (χ0) is 15.3. The summed E-state index contributed by atoms with van der Waals surface area (Å²) in [4.78, 5) is 11.6. The van der Waals surface area contributed by atoms with Crippen molar-refractivity contribution >= 4 is 11.7 Å². The lowest BCUT2D eigenvalue weighted by atomic mass is 10.1. The quantitative estimate of drug-likeness (QED) is 0.260. The summed E-state index contributed by atoms with van der Waals surface area (Å²) in [6.07, 6.45) is -4.91. The third-order valence-electron chi connectivity index (χ3n) is 2.34. The molecule has 0 spiro atoms. The van der Waals surface area contributed by atoms with E-state index in [1.807, 2.05) is 0 Å². The number of amides is 1. The molecule has 0 fully saturated rings. The number of nitrogens with one attached hydrogen (secondary N) is 1. The molecule has 0 aromatic heterocycles. The first-order chi connectivity index (χ1) is 9.27. The second kappa shape index (κ2) is 6.22. The first-order valence-corrected chi connectivity index (χ1v) is 5.37. The van der Waals surface area contributed by atoms with Crippen molar-refractivity contribution < 1.29 is 27.6 Å². The summed E-state index contributed by atoms with van der Waals surface area (Å²) in [6.45, 7) is -0.107. The lowest BCUT2D eigenvalue weighted by Crippen LogP contribution is -2.29. The Morgan fingerprint density at radius 2 is 2.05 bits per heavy atom. The third-order valence-corrected chi connectivity index (χ3v) is 2.34. The molecule has 0 unspecified atom stereocenters. The summed E-state index contributed by atoms with van der Waals surface area (Å²) in [5.41, 5.74) is 2.90. The number of nitrogens with zero attached hydrogens (tertiary/aromatic N) is 1. The highest BCUT2D eigenvalue weighted by Gasteiger charge is 2.35. The molecule has 4 N–H and O–H groups in total. The molecule has 20 heavy (non-hydrogen) atoms. The molecule has 0 aliphatic carbocycles. The van der Waals surface area contributed by atoms with Gasteiger partial charge in [0.1, 0.15) is 11.7 Å². The molecule has 0 radical (unpaired) electrons. The van der Waals surface area contributed by atoms with Crippen molar-refractivity contribution in [1.29, 1.82) is 0 Å². The van der Waals surface area contributed by atoms with Crippen LogP contribution in [0.2, 0.25) is 0 Å². The predicted molar refractivity (Wildman–Crippen MR) is 61.8 cm³/mol. The highest BCUT2D eigenvalue weighted by molar-refractivity contribution is 5.95. The van der Waals surface area contributed by atoms with Crippen LogP contribution < -0.4 is 11.1 Å². The molecule has 5 nitrogen and oxygen atoms in total. The molecule has 110 valence electrons. The van der Waals surface area contributed by atoms with E-state index in [4.69, 9.17) is 10.9 Å². The van der Waals surface area contributed by atoms with Gasteiger partial charge in [0.25, 0.3) is 5.91 Å². The maximum atomic E-state index is 13.6. The fourth-order valence-electron chi connectivity index (χ4n) is 1.38. The van der Waals surface area contributed by atoms with Crippen LogP contribution in [-0.2, 0) is 6.18 Å². The van der Waals surface area contributed by atoms with Crippen molar-refractivity contribution in [2.75, 3.05) is 6.54 Å². The van der Waals surface area contributed by atoms with Gasteiger partial charge in [-0.25, -0.2) is 4.39 Å². The SMILES string of the molecule is N/C(CCNC(=O)c1cccc(C(F)(F)F)c1F)=N/O. The molecule has 0 aliphatic rings. The molecule has 0 saturated carbocycles. The summed E-state index contributed by atoms with van der Waals surface area (Å²) in [5.74, 6) is -2.82. The summed E-state index contributed by atoms with van der Waals surface area (Å²) in [7, 11) is 0. The van der Waals surface area contributed by atoms with Crippen molar-refractivity contribution in [2.24, 2.45) is 10.9 Å². The number of benzene rings is 1. The van der Waals surface area contributed by atoms with E-state index in [1.54, 1.807) is 0 Å². The number of nitrogens with two attached hydrogens (primary N) is 1. The largest absolute Gasteiger partial charge is 0.419 e. The molecular formula is C11H11F4N3O2. The molecule has 1 amide bonds. The van der Waals surface area contributed by atoms with Crippen molar-refractivity contribution in [2.45, 2.75) is 12.6 Å². The van der Waals surface area contributed by atoms with E-state index >= 15 is 0 Å². The lowest BCUT2D eigenvalue weighted by molar-refractivity contribution is -0.140. The van der Waals surface area contributed by atoms with Crippen LogP contribution >= 0.6 is 0 Å². The van der Waals surface area contributed by atoms with Crippen molar-refractivity contribution in [3.8, 4) is 0 Å². The fraction of sp³-hybridized carbons (Fsp3) is 0.273. The smallest absolute Gasteiger partial charge is 0.409 e. The van der Waals surface area contributed by atoms with E-state index in [9.17, 15) is 22.4 Å². The van der Waals surface area contributed by atoms with Crippen LogP contribution in [0.15, 0.2) is 23.4 Å². The van der Waals surface area contributed by atoms with E-state index in [-0.39, 0.29) is 18.8 Å². The van der Waals surface area contributed by atoms with E-state index in [0.717, 1.165) is 12.1 Å². The maximum absolute atomic E-state index is 13.6. The van der Waals surface area contributed by atoms with Gasteiger partial charge >= 0.3 is 6.18 Å². The van der Waals surface area contributed by atoms with Crippen LogP contribution in [0.1, 0.15) is 22.3 Å². The van der Waals surface area contributed by atoms with Crippen molar-refractivity contribution in [3.63, 3.8) is 0 Å². The zero-order valence-electron chi connectivity index (χ0n) is 10.0. The van der Waals surface area contributed by atoms with Crippen LogP contribution in [0, 0.1) is 5.82 Å². The number of amidine groups is 1. The number of rotatable bonds is 4. The molecule has 1 aromatic carbocycles. The Labute approximate surface area is 111 Å². The Morgan fingerprint density at radius 3 is 2.60 bits per heavy atom. The van der Waals surface area contributed by atoms with Crippen molar-refractivity contribution in [3.05, 3.63) is 35.1 Å². The molecular weight excluding hydrogens is 282 g/mol. The molecule has 1 aromatic rings. The molecule has 0 heterocycles. The highest BCUT2D eigenvalue weighted by atomic mass is 19.4. The maximum Gasteiger partial charge on any atom is 0.419 e. The fourth-order valence-corrected chi connectivity index (χ4v) is 1.38. The van der Waals surface area contributed by atoms with Gasteiger partial charge in [0.05, 0.1) is 11.1 Å². The normalized spacial score (nSPS) is 12.3. The van der Waals surface area contributed by atoms with Crippen LogP contribution in [0.3, 0.4) is 0 Å². The summed E-state index contributed by atoms with van der Waals surface area (Å²) in [5, 5.41) is 13.1. The summed E-state index contributed by atoms with van der Waals surface area (Å²) >= 11 is 0. The van der Waals surface area contributed by atoms with E-state index in [0.29, 0.717) is 6.07 Å². The molecule has 9 heteroatoms. The molecule has 0 atom stereocenters. The topological polar surface area (TPSA) is 87.7 Å². The number of alkyl halides is 3. The Kier molecular flexibility index (Phi) is 4.89.